The molecule has 1 aromatic heterocycles. The Morgan fingerprint density at radius 3 is 2.84 bits per heavy atom. The molecule has 1 fully saturated rings. The number of likely N-dealkylation sites (tertiary alicyclic amines) is 1. The van der Waals surface area contributed by atoms with E-state index in [2.05, 4.69) is 17.1 Å². The van der Waals surface area contributed by atoms with Crippen molar-refractivity contribution in [3.05, 3.63) is 21.9 Å². The first-order chi connectivity index (χ1) is 9.15. The van der Waals surface area contributed by atoms with E-state index >= 15 is 0 Å². The maximum atomic E-state index is 10.8. The average Bonchev–Trinajstić information content (AvgIpc) is 2.86. The summed E-state index contributed by atoms with van der Waals surface area (Å²) in [4.78, 5) is 14.4. The van der Waals surface area contributed by atoms with Crippen LogP contribution in [0.4, 0.5) is 0 Å². The minimum Gasteiger partial charge on any atom is -0.478 e. The van der Waals surface area contributed by atoms with Crippen LogP contribution in [-0.4, -0.2) is 41.7 Å². The fourth-order valence-corrected chi connectivity index (χ4v) is 3.26. The zero-order chi connectivity index (χ0) is 13.7. The van der Waals surface area contributed by atoms with Crippen molar-refractivity contribution in [2.75, 3.05) is 19.6 Å². The molecule has 1 aliphatic rings. The van der Waals surface area contributed by atoms with Crippen LogP contribution in [-0.2, 0) is 6.54 Å². The van der Waals surface area contributed by atoms with Crippen molar-refractivity contribution < 1.29 is 9.90 Å². The van der Waals surface area contributed by atoms with Gasteiger partial charge in [0, 0.05) is 29.4 Å². The Labute approximate surface area is 118 Å². The van der Waals surface area contributed by atoms with Gasteiger partial charge in [0.15, 0.2) is 0 Å². The molecule has 0 aromatic carbocycles. The molecule has 1 unspecified atom stereocenters. The molecular weight excluding hydrogens is 260 g/mol. The lowest BCUT2D eigenvalue weighted by molar-refractivity contribution is 0.0697. The summed E-state index contributed by atoms with van der Waals surface area (Å²) in [5.74, 6) is -0.844. The number of rotatable bonds is 6. The predicted octanol–water partition coefficient (Wildman–Crippen LogP) is 2.41. The first-order valence-corrected chi connectivity index (χ1v) is 7.79. The smallest absolute Gasteiger partial charge is 0.336 e. The summed E-state index contributed by atoms with van der Waals surface area (Å²) < 4.78 is 0. The Hall–Kier alpha value is -0.910. The van der Waals surface area contributed by atoms with Crippen molar-refractivity contribution in [2.24, 2.45) is 0 Å². The number of hydrogen-bond acceptors (Lipinski definition) is 4. The lowest BCUT2D eigenvalue weighted by atomic mass is 10.1. The SMILES string of the molecule is CC(CN1CCCCC1)NCc1cc(C(=O)O)cs1. The van der Waals surface area contributed by atoms with Gasteiger partial charge < -0.3 is 15.3 Å². The second-order valence-electron chi connectivity index (χ2n) is 5.25. The van der Waals surface area contributed by atoms with E-state index in [-0.39, 0.29) is 0 Å². The van der Waals surface area contributed by atoms with E-state index in [4.69, 9.17) is 5.11 Å². The first kappa shape index (κ1) is 14.5. The quantitative estimate of drug-likeness (QED) is 0.841. The van der Waals surface area contributed by atoms with E-state index < -0.39 is 5.97 Å². The first-order valence-electron chi connectivity index (χ1n) is 6.91. The minimum atomic E-state index is -0.844. The summed E-state index contributed by atoms with van der Waals surface area (Å²) in [6.45, 7) is 6.47. The van der Waals surface area contributed by atoms with Crippen LogP contribution in [0.15, 0.2) is 11.4 Å². The number of nitrogens with zero attached hydrogens (tertiary/aromatic N) is 1. The molecule has 1 atom stereocenters. The van der Waals surface area contributed by atoms with Gasteiger partial charge in [-0.1, -0.05) is 6.42 Å². The Balaban J connectivity index is 1.72. The lowest BCUT2D eigenvalue weighted by Gasteiger charge is -2.29. The third-order valence-electron chi connectivity index (χ3n) is 3.51. The summed E-state index contributed by atoms with van der Waals surface area (Å²) in [5, 5.41) is 14.0. The van der Waals surface area contributed by atoms with Crippen molar-refractivity contribution in [1.29, 1.82) is 0 Å². The van der Waals surface area contributed by atoms with E-state index in [1.807, 2.05) is 0 Å². The Morgan fingerprint density at radius 2 is 2.21 bits per heavy atom. The number of aromatic carboxylic acids is 1. The highest BCUT2D eigenvalue weighted by molar-refractivity contribution is 7.10. The van der Waals surface area contributed by atoms with Crippen LogP contribution in [0.25, 0.3) is 0 Å². The van der Waals surface area contributed by atoms with Crippen molar-refractivity contribution >= 4 is 17.3 Å². The lowest BCUT2D eigenvalue weighted by Crippen LogP contribution is -2.41. The Bertz CT molecular complexity index is 413. The molecule has 0 aliphatic carbocycles. The normalized spacial score (nSPS) is 18.4. The fraction of sp³-hybridized carbons (Fsp3) is 0.643. The van der Waals surface area contributed by atoms with Gasteiger partial charge in [-0.2, -0.15) is 0 Å². The largest absolute Gasteiger partial charge is 0.478 e. The maximum Gasteiger partial charge on any atom is 0.336 e. The molecule has 0 bridgehead atoms. The molecule has 4 nitrogen and oxygen atoms in total. The molecule has 0 radical (unpaired) electrons. The summed E-state index contributed by atoms with van der Waals surface area (Å²) >= 11 is 1.51. The second-order valence-corrected chi connectivity index (χ2v) is 6.25. The molecule has 1 saturated heterocycles. The van der Waals surface area contributed by atoms with Crippen LogP contribution in [0.5, 0.6) is 0 Å². The van der Waals surface area contributed by atoms with Crippen LogP contribution in [0.2, 0.25) is 0 Å². The number of carboxylic acids is 1. The number of thiophene rings is 1. The molecule has 19 heavy (non-hydrogen) atoms. The molecule has 2 N–H and O–H groups in total. The van der Waals surface area contributed by atoms with Gasteiger partial charge in [-0.25, -0.2) is 4.79 Å². The Kier molecular flexibility index (Phi) is 5.36. The number of hydrogen-bond donors (Lipinski definition) is 2. The number of nitrogens with one attached hydrogen (secondary N) is 1. The Morgan fingerprint density at radius 1 is 1.47 bits per heavy atom. The molecule has 5 heteroatoms. The topological polar surface area (TPSA) is 52.6 Å². The molecule has 106 valence electrons. The summed E-state index contributed by atoms with van der Waals surface area (Å²) in [5.41, 5.74) is 0.394. The van der Waals surface area contributed by atoms with Crippen molar-refractivity contribution in [2.45, 2.75) is 38.8 Å². The van der Waals surface area contributed by atoms with Gasteiger partial charge in [0.1, 0.15) is 0 Å². The van der Waals surface area contributed by atoms with E-state index in [0.29, 0.717) is 11.6 Å². The standard InChI is InChI=1S/C14H22N2O2S/c1-11(9-16-5-3-2-4-6-16)15-8-13-7-12(10-19-13)14(17)18/h7,10-11,15H,2-6,8-9H2,1H3,(H,17,18). The summed E-state index contributed by atoms with van der Waals surface area (Å²) in [6, 6.07) is 2.20. The third kappa shape index (κ3) is 4.60. The zero-order valence-corrected chi connectivity index (χ0v) is 12.2. The summed E-state index contributed by atoms with van der Waals surface area (Å²) in [7, 11) is 0. The van der Waals surface area contributed by atoms with Gasteiger partial charge in [-0.05, 0) is 38.9 Å². The van der Waals surface area contributed by atoms with E-state index in [1.54, 1.807) is 11.4 Å². The van der Waals surface area contributed by atoms with E-state index in [9.17, 15) is 4.79 Å². The average molecular weight is 282 g/mol. The molecule has 0 spiro atoms. The van der Waals surface area contributed by atoms with Gasteiger partial charge in [0.2, 0.25) is 0 Å². The molecule has 1 aliphatic heterocycles. The van der Waals surface area contributed by atoms with Gasteiger partial charge in [0.25, 0.3) is 0 Å². The molecule has 1 aromatic rings. The third-order valence-corrected chi connectivity index (χ3v) is 4.44. The monoisotopic (exact) mass is 282 g/mol. The highest BCUT2D eigenvalue weighted by atomic mass is 32.1. The molecule has 2 rings (SSSR count). The number of carboxylic acid groups (broad SMARTS) is 1. The molecule has 2 heterocycles. The predicted molar refractivity (Wildman–Crippen MR) is 77.9 cm³/mol. The van der Waals surface area contributed by atoms with Gasteiger partial charge >= 0.3 is 5.97 Å². The van der Waals surface area contributed by atoms with E-state index in [0.717, 1.165) is 18.0 Å². The van der Waals surface area contributed by atoms with E-state index in [1.165, 1.54) is 43.7 Å². The zero-order valence-electron chi connectivity index (χ0n) is 11.4. The van der Waals surface area contributed by atoms with Crippen molar-refractivity contribution in [1.82, 2.24) is 10.2 Å². The minimum absolute atomic E-state index is 0.394. The maximum absolute atomic E-state index is 10.8. The second kappa shape index (κ2) is 7.03. The van der Waals surface area contributed by atoms with Gasteiger partial charge in [-0.15, -0.1) is 11.3 Å². The molecule has 0 saturated carbocycles. The highest BCUT2D eigenvalue weighted by Gasteiger charge is 2.13. The van der Waals surface area contributed by atoms with Crippen molar-refractivity contribution in [3.8, 4) is 0 Å². The van der Waals surface area contributed by atoms with Crippen molar-refractivity contribution in [3.63, 3.8) is 0 Å². The number of carbonyl (C=O) groups is 1. The van der Waals surface area contributed by atoms with Crippen LogP contribution in [0.3, 0.4) is 0 Å². The van der Waals surface area contributed by atoms with Crippen LogP contribution in [0.1, 0.15) is 41.4 Å². The fourth-order valence-electron chi connectivity index (χ4n) is 2.45. The highest BCUT2D eigenvalue weighted by Crippen LogP contribution is 2.15. The van der Waals surface area contributed by atoms with Gasteiger partial charge in [0.05, 0.1) is 5.56 Å². The molecular formula is C14H22N2O2S. The van der Waals surface area contributed by atoms with Gasteiger partial charge in [-0.3, -0.25) is 0 Å². The van der Waals surface area contributed by atoms with Crippen LogP contribution < -0.4 is 5.32 Å². The van der Waals surface area contributed by atoms with Crippen LogP contribution >= 0.6 is 11.3 Å². The summed E-state index contributed by atoms with van der Waals surface area (Å²) in [6.07, 6.45) is 4.00. The van der Waals surface area contributed by atoms with Crippen LogP contribution in [0, 0.1) is 0 Å². The molecule has 0 amide bonds. The number of piperidine rings is 1.